The molecule has 1 fully saturated rings. The van der Waals surface area contributed by atoms with Crippen LogP contribution in [0.1, 0.15) is 32.6 Å². The zero-order valence-electron chi connectivity index (χ0n) is 7.88. The molecular weight excluding hydrogens is 152 g/mol. The molecule has 0 radical (unpaired) electrons. The molecule has 72 valence electrons. The van der Waals surface area contributed by atoms with Crippen molar-refractivity contribution < 1.29 is 4.74 Å². The van der Waals surface area contributed by atoms with Gasteiger partial charge in [0.1, 0.15) is 0 Å². The van der Waals surface area contributed by atoms with E-state index in [-0.39, 0.29) is 0 Å². The van der Waals surface area contributed by atoms with E-state index >= 15 is 0 Å². The van der Waals surface area contributed by atoms with Crippen LogP contribution >= 0.6 is 0 Å². The number of rotatable bonds is 6. The molecule has 3 N–H and O–H groups in total. The number of hydrogen-bond donors (Lipinski definition) is 2. The first-order chi connectivity index (χ1) is 5.86. The first-order valence-corrected chi connectivity index (χ1v) is 4.90. The highest BCUT2D eigenvalue weighted by atomic mass is 16.5. The molecule has 0 aliphatic heterocycles. The van der Waals surface area contributed by atoms with Crippen LogP contribution in [0.4, 0.5) is 0 Å². The first-order valence-electron chi connectivity index (χ1n) is 4.90. The summed E-state index contributed by atoms with van der Waals surface area (Å²) in [6.07, 6.45) is 5.34. The van der Waals surface area contributed by atoms with Gasteiger partial charge in [0.25, 0.3) is 0 Å². The van der Waals surface area contributed by atoms with Crippen molar-refractivity contribution in [1.82, 2.24) is 5.43 Å². The molecule has 1 unspecified atom stereocenters. The van der Waals surface area contributed by atoms with Crippen molar-refractivity contribution in [2.75, 3.05) is 13.2 Å². The van der Waals surface area contributed by atoms with E-state index in [9.17, 15) is 0 Å². The van der Waals surface area contributed by atoms with E-state index in [1.165, 1.54) is 25.7 Å². The van der Waals surface area contributed by atoms with Crippen LogP contribution in [0.2, 0.25) is 0 Å². The molecule has 0 saturated heterocycles. The minimum Gasteiger partial charge on any atom is -0.380 e. The second-order valence-electron chi connectivity index (χ2n) is 3.56. The van der Waals surface area contributed by atoms with Crippen molar-refractivity contribution in [2.24, 2.45) is 11.8 Å². The highest BCUT2D eigenvalue weighted by Gasteiger charge is 2.21. The van der Waals surface area contributed by atoms with Crippen LogP contribution in [-0.4, -0.2) is 19.3 Å². The third-order valence-electron chi connectivity index (χ3n) is 2.60. The second-order valence-corrected chi connectivity index (χ2v) is 3.56. The van der Waals surface area contributed by atoms with Crippen LogP contribution in [0, 0.1) is 5.92 Å². The van der Waals surface area contributed by atoms with E-state index in [0.717, 1.165) is 19.1 Å². The van der Waals surface area contributed by atoms with Crippen LogP contribution < -0.4 is 11.3 Å². The van der Waals surface area contributed by atoms with Crippen LogP contribution in [0.5, 0.6) is 0 Å². The Hall–Kier alpha value is -0.120. The Bertz CT molecular complexity index is 115. The molecule has 3 nitrogen and oxygen atoms in total. The lowest BCUT2D eigenvalue weighted by atomic mass is 9.81. The maximum Gasteiger partial charge on any atom is 0.0633 e. The Morgan fingerprint density at radius 2 is 2.33 bits per heavy atom. The van der Waals surface area contributed by atoms with Crippen molar-refractivity contribution in [3.8, 4) is 0 Å². The lowest BCUT2D eigenvalue weighted by Crippen LogP contribution is -2.40. The number of hydrazine groups is 1. The Labute approximate surface area is 74.6 Å². The van der Waals surface area contributed by atoms with Gasteiger partial charge < -0.3 is 4.74 Å². The maximum absolute atomic E-state index is 5.41. The third kappa shape index (κ3) is 3.09. The largest absolute Gasteiger partial charge is 0.380 e. The summed E-state index contributed by atoms with van der Waals surface area (Å²) in [6.45, 7) is 3.54. The summed E-state index contributed by atoms with van der Waals surface area (Å²) in [5.41, 5.74) is 2.81. The molecular formula is C9H20N2O. The van der Waals surface area contributed by atoms with Crippen LogP contribution in [0.15, 0.2) is 0 Å². The summed E-state index contributed by atoms with van der Waals surface area (Å²) < 4.78 is 5.31. The topological polar surface area (TPSA) is 47.3 Å². The van der Waals surface area contributed by atoms with Crippen LogP contribution in [-0.2, 0) is 4.74 Å². The van der Waals surface area contributed by atoms with Gasteiger partial charge in [0.15, 0.2) is 0 Å². The molecule has 1 aliphatic carbocycles. The van der Waals surface area contributed by atoms with E-state index in [0.29, 0.717) is 6.04 Å². The first kappa shape index (κ1) is 9.96. The standard InChI is InChI=1S/C9H20N2O/c1-2-12-7-9(11-10)6-8-4-3-5-8/h8-9,11H,2-7,10H2,1H3. The second kappa shape index (κ2) is 5.51. The van der Waals surface area contributed by atoms with Crippen molar-refractivity contribution in [3.63, 3.8) is 0 Å². The molecule has 0 aromatic heterocycles. The summed E-state index contributed by atoms with van der Waals surface area (Å²) in [5, 5.41) is 0. The number of hydrogen-bond acceptors (Lipinski definition) is 3. The van der Waals surface area contributed by atoms with E-state index < -0.39 is 0 Å². The summed E-state index contributed by atoms with van der Waals surface area (Å²) in [6, 6.07) is 0.357. The Morgan fingerprint density at radius 1 is 1.58 bits per heavy atom. The van der Waals surface area contributed by atoms with Crippen molar-refractivity contribution in [3.05, 3.63) is 0 Å². The molecule has 0 aromatic carbocycles. The molecule has 1 saturated carbocycles. The monoisotopic (exact) mass is 172 g/mol. The maximum atomic E-state index is 5.41. The molecule has 3 heteroatoms. The van der Waals surface area contributed by atoms with Gasteiger partial charge in [-0.05, 0) is 19.3 Å². The van der Waals surface area contributed by atoms with Gasteiger partial charge >= 0.3 is 0 Å². The zero-order valence-corrected chi connectivity index (χ0v) is 7.88. The zero-order chi connectivity index (χ0) is 8.81. The smallest absolute Gasteiger partial charge is 0.0633 e. The molecule has 0 bridgehead atoms. The fourth-order valence-corrected chi connectivity index (χ4v) is 1.58. The van der Waals surface area contributed by atoms with E-state index in [1.807, 2.05) is 6.92 Å². The normalized spacial score (nSPS) is 20.5. The van der Waals surface area contributed by atoms with Gasteiger partial charge in [0.2, 0.25) is 0 Å². The summed E-state index contributed by atoms with van der Waals surface area (Å²) in [5.74, 6) is 6.31. The molecule has 12 heavy (non-hydrogen) atoms. The predicted molar refractivity (Wildman–Crippen MR) is 49.6 cm³/mol. The average molecular weight is 172 g/mol. The minimum absolute atomic E-state index is 0.357. The van der Waals surface area contributed by atoms with Gasteiger partial charge in [0.05, 0.1) is 6.61 Å². The molecule has 0 heterocycles. The van der Waals surface area contributed by atoms with Crippen molar-refractivity contribution >= 4 is 0 Å². The minimum atomic E-state index is 0.357. The summed E-state index contributed by atoms with van der Waals surface area (Å²) in [7, 11) is 0. The Morgan fingerprint density at radius 3 is 2.75 bits per heavy atom. The van der Waals surface area contributed by atoms with E-state index in [1.54, 1.807) is 0 Å². The Kier molecular flexibility index (Phi) is 4.58. The van der Waals surface area contributed by atoms with Crippen LogP contribution in [0.3, 0.4) is 0 Å². The number of nitrogens with one attached hydrogen (secondary N) is 1. The van der Waals surface area contributed by atoms with Crippen molar-refractivity contribution in [1.29, 1.82) is 0 Å². The summed E-state index contributed by atoms with van der Waals surface area (Å²) >= 11 is 0. The molecule has 1 aliphatic rings. The lowest BCUT2D eigenvalue weighted by Gasteiger charge is -2.29. The van der Waals surface area contributed by atoms with Gasteiger partial charge in [0, 0.05) is 12.6 Å². The van der Waals surface area contributed by atoms with Gasteiger partial charge in [-0.1, -0.05) is 19.3 Å². The average Bonchev–Trinajstić information content (AvgIpc) is 2.02. The highest BCUT2D eigenvalue weighted by Crippen LogP contribution is 2.30. The molecule has 0 spiro atoms. The Balaban J connectivity index is 2.06. The third-order valence-corrected chi connectivity index (χ3v) is 2.60. The van der Waals surface area contributed by atoms with Crippen molar-refractivity contribution in [2.45, 2.75) is 38.6 Å². The predicted octanol–water partition coefficient (Wildman–Crippen LogP) is 1.04. The molecule has 1 rings (SSSR count). The summed E-state index contributed by atoms with van der Waals surface area (Å²) in [4.78, 5) is 0. The fraction of sp³-hybridized carbons (Fsp3) is 1.00. The molecule has 0 aromatic rings. The van der Waals surface area contributed by atoms with E-state index in [2.05, 4.69) is 5.43 Å². The quantitative estimate of drug-likeness (QED) is 0.465. The molecule has 0 amide bonds. The number of ether oxygens (including phenoxy) is 1. The SMILES string of the molecule is CCOCC(CC1CCC1)NN. The highest BCUT2D eigenvalue weighted by molar-refractivity contribution is 4.75. The molecule has 1 atom stereocenters. The van der Waals surface area contributed by atoms with E-state index in [4.69, 9.17) is 10.6 Å². The number of nitrogens with two attached hydrogens (primary N) is 1. The van der Waals surface area contributed by atoms with Gasteiger partial charge in [-0.15, -0.1) is 0 Å². The van der Waals surface area contributed by atoms with Gasteiger partial charge in [-0.2, -0.15) is 0 Å². The lowest BCUT2D eigenvalue weighted by molar-refractivity contribution is 0.106. The fourth-order valence-electron chi connectivity index (χ4n) is 1.58. The van der Waals surface area contributed by atoms with Gasteiger partial charge in [-0.25, -0.2) is 0 Å². The van der Waals surface area contributed by atoms with Gasteiger partial charge in [-0.3, -0.25) is 11.3 Å². The van der Waals surface area contributed by atoms with Crippen LogP contribution in [0.25, 0.3) is 0 Å².